The van der Waals surface area contributed by atoms with Crippen molar-refractivity contribution in [1.82, 2.24) is 9.80 Å². The van der Waals surface area contributed by atoms with Crippen molar-refractivity contribution in [3.8, 4) is 5.75 Å². The van der Waals surface area contributed by atoms with Crippen molar-refractivity contribution < 1.29 is 24.2 Å². The molecule has 42 heavy (non-hydrogen) atoms. The highest BCUT2D eigenvalue weighted by atomic mass is 32.2. The first kappa shape index (κ1) is 33.3. The number of benzene rings is 2. The van der Waals surface area contributed by atoms with Crippen LogP contribution in [0.2, 0.25) is 0 Å². The number of thioether (sulfide) groups is 1. The zero-order valence-electron chi connectivity index (χ0n) is 24.8. The normalized spacial score (nSPS) is 14.2. The van der Waals surface area contributed by atoms with Gasteiger partial charge >= 0.3 is 5.97 Å². The molecule has 1 saturated heterocycles. The Bertz CT molecular complexity index is 1260. The summed E-state index contributed by atoms with van der Waals surface area (Å²) in [6.45, 7) is 7.47. The van der Waals surface area contributed by atoms with Crippen LogP contribution >= 0.6 is 24.0 Å². The van der Waals surface area contributed by atoms with Crippen molar-refractivity contribution in [2.24, 2.45) is 5.92 Å². The molecule has 0 saturated carbocycles. The third-order valence-electron chi connectivity index (χ3n) is 7.10. The minimum atomic E-state index is -1.12. The van der Waals surface area contributed by atoms with Crippen LogP contribution in [0.5, 0.6) is 5.75 Å². The van der Waals surface area contributed by atoms with Gasteiger partial charge in [-0.25, -0.2) is 0 Å². The fourth-order valence-corrected chi connectivity index (χ4v) is 6.36. The molecule has 3 rings (SSSR count). The molecule has 2 aromatic carbocycles. The molecule has 2 aromatic rings. The standard InChI is InChI=1S/C33H42N2O5S2/c1-4-10-25(11-5-2)21-30(36)34(17-6-3)22-27-19-26(20-29-32(39)35(23-31(37)38)33(41)42-29)14-15-28(27)40-18-16-24-12-8-7-9-13-24/h7-9,12-15,19-20,25H,4-6,10-11,16-18,21-23H2,1-3H3,(H,37,38)/b29-20-. The Kier molecular flexibility index (Phi) is 13.5. The van der Waals surface area contributed by atoms with Crippen LogP contribution in [-0.2, 0) is 27.3 Å². The van der Waals surface area contributed by atoms with E-state index in [2.05, 4.69) is 32.9 Å². The Balaban J connectivity index is 1.87. The quantitative estimate of drug-likeness (QED) is 0.153. The van der Waals surface area contributed by atoms with Crippen molar-refractivity contribution in [3.63, 3.8) is 0 Å². The summed E-state index contributed by atoms with van der Waals surface area (Å²) in [6.07, 6.45) is 8.07. The van der Waals surface area contributed by atoms with Crippen LogP contribution in [0.1, 0.15) is 76.0 Å². The summed E-state index contributed by atoms with van der Waals surface area (Å²) in [5, 5.41) is 9.15. The molecule has 2 amide bonds. The second-order valence-corrected chi connectivity index (χ2v) is 12.3. The van der Waals surface area contributed by atoms with Crippen LogP contribution < -0.4 is 4.74 Å². The Morgan fingerprint density at radius 2 is 1.79 bits per heavy atom. The number of rotatable bonds is 17. The third-order valence-corrected chi connectivity index (χ3v) is 8.48. The maximum Gasteiger partial charge on any atom is 0.323 e. The number of hydrogen-bond acceptors (Lipinski definition) is 6. The van der Waals surface area contributed by atoms with Crippen LogP contribution in [0, 0.1) is 5.92 Å². The van der Waals surface area contributed by atoms with Crippen LogP contribution in [0.15, 0.2) is 53.4 Å². The van der Waals surface area contributed by atoms with E-state index in [9.17, 15) is 14.4 Å². The van der Waals surface area contributed by atoms with Crippen molar-refractivity contribution in [3.05, 3.63) is 70.1 Å². The fraction of sp³-hybridized carbons (Fsp3) is 0.455. The van der Waals surface area contributed by atoms with E-state index in [1.165, 1.54) is 5.56 Å². The number of thiocarbonyl (C=S) groups is 1. The monoisotopic (exact) mass is 610 g/mol. The number of carbonyl (C=O) groups is 3. The first-order valence-corrected chi connectivity index (χ1v) is 16.0. The maximum absolute atomic E-state index is 13.5. The minimum absolute atomic E-state index is 0.152. The second kappa shape index (κ2) is 17.1. The van der Waals surface area contributed by atoms with Crippen molar-refractivity contribution in [2.45, 2.75) is 72.3 Å². The Morgan fingerprint density at radius 3 is 2.43 bits per heavy atom. The highest BCUT2D eigenvalue weighted by Crippen LogP contribution is 2.33. The first-order valence-electron chi connectivity index (χ1n) is 14.8. The number of carbonyl (C=O) groups excluding carboxylic acids is 2. The SMILES string of the molecule is CCCC(CCC)CC(=O)N(CCC)Cc1cc(/C=C2\SC(=S)N(CC(=O)O)C2=O)ccc1OCCc1ccccc1. The van der Waals surface area contributed by atoms with E-state index >= 15 is 0 Å². The Hall–Kier alpha value is -3.17. The van der Waals surface area contributed by atoms with E-state index in [-0.39, 0.29) is 10.2 Å². The van der Waals surface area contributed by atoms with Gasteiger partial charge in [0.1, 0.15) is 16.6 Å². The molecule has 7 nitrogen and oxygen atoms in total. The summed E-state index contributed by atoms with van der Waals surface area (Å²) >= 11 is 6.34. The predicted octanol–water partition coefficient (Wildman–Crippen LogP) is 6.94. The zero-order chi connectivity index (χ0) is 30.5. The lowest BCUT2D eigenvalue weighted by Gasteiger charge is -2.26. The lowest BCUT2D eigenvalue weighted by Crippen LogP contribution is -2.33. The molecule has 0 spiro atoms. The van der Waals surface area contributed by atoms with E-state index in [0.717, 1.165) is 66.3 Å². The number of carboxylic acids is 1. The maximum atomic E-state index is 13.5. The Labute approximate surface area is 259 Å². The lowest BCUT2D eigenvalue weighted by molar-refractivity contribution is -0.140. The minimum Gasteiger partial charge on any atom is -0.493 e. The summed E-state index contributed by atoms with van der Waals surface area (Å²) in [7, 11) is 0. The molecule has 1 heterocycles. The second-order valence-electron chi connectivity index (χ2n) is 10.6. The van der Waals surface area contributed by atoms with Gasteiger partial charge in [0.2, 0.25) is 5.91 Å². The molecule has 226 valence electrons. The molecular weight excluding hydrogens is 569 g/mol. The van der Waals surface area contributed by atoms with Gasteiger partial charge in [-0.2, -0.15) is 0 Å². The largest absolute Gasteiger partial charge is 0.493 e. The van der Waals surface area contributed by atoms with Crippen LogP contribution in [0.3, 0.4) is 0 Å². The molecule has 1 aliphatic rings. The van der Waals surface area contributed by atoms with Gasteiger partial charge in [-0.15, -0.1) is 0 Å². The number of carboxylic acid groups (broad SMARTS) is 1. The van der Waals surface area contributed by atoms with Gasteiger partial charge in [0.05, 0.1) is 11.5 Å². The van der Waals surface area contributed by atoms with Gasteiger partial charge in [-0.05, 0) is 41.7 Å². The summed E-state index contributed by atoms with van der Waals surface area (Å²) in [5.41, 5.74) is 2.80. The Morgan fingerprint density at radius 1 is 1.07 bits per heavy atom. The zero-order valence-corrected chi connectivity index (χ0v) is 26.5. The summed E-state index contributed by atoms with van der Waals surface area (Å²) in [5.74, 6) is -0.300. The van der Waals surface area contributed by atoms with E-state index in [1.54, 1.807) is 6.08 Å². The van der Waals surface area contributed by atoms with Crippen LogP contribution in [-0.4, -0.2) is 56.7 Å². The molecule has 0 aromatic heterocycles. The molecular formula is C33H42N2O5S2. The van der Waals surface area contributed by atoms with E-state index in [4.69, 9.17) is 22.1 Å². The van der Waals surface area contributed by atoms with E-state index in [0.29, 0.717) is 42.7 Å². The van der Waals surface area contributed by atoms with Crippen molar-refractivity contribution in [2.75, 3.05) is 19.7 Å². The van der Waals surface area contributed by atoms with Crippen LogP contribution in [0.4, 0.5) is 0 Å². The van der Waals surface area contributed by atoms with Gasteiger partial charge in [-0.1, -0.05) is 107 Å². The van der Waals surface area contributed by atoms with Gasteiger partial charge in [0.25, 0.3) is 5.91 Å². The van der Waals surface area contributed by atoms with Gasteiger partial charge in [0.15, 0.2) is 0 Å². The molecule has 9 heteroatoms. The average molecular weight is 611 g/mol. The molecule has 0 unspecified atom stereocenters. The highest BCUT2D eigenvalue weighted by Gasteiger charge is 2.33. The topological polar surface area (TPSA) is 87.2 Å². The van der Waals surface area contributed by atoms with Gasteiger partial charge < -0.3 is 14.7 Å². The van der Waals surface area contributed by atoms with Crippen LogP contribution in [0.25, 0.3) is 6.08 Å². The fourth-order valence-electron chi connectivity index (χ4n) is 5.11. The highest BCUT2D eigenvalue weighted by molar-refractivity contribution is 8.26. The average Bonchev–Trinajstić information content (AvgIpc) is 3.21. The lowest BCUT2D eigenvalue weighted by atomic mass is 9.94. The predicted molar refractivity (Wildman–Crippen MR) is 173 cm³/mol. The summed E-state index contributed by atoms with van der Waals surface area (Å²) < 4.78 is 6.48. The number of aliphatic carboxylic acids is 1. The van der Waals surface area contributed by atoms with Crippen molar-refractivity contribution in [1.29, 1.82) is 0 Å². The number of hydrogen-bond donors (Lipinski definition) is 1. The summed E-state index contributed by atoms with van der Waals surface area (Å²) in [6, 6.07) is 15.8. The van der Waals surface area contributed by atoms with Gasteiger partial charge in [-0.3, -0.25) is 19.3 Å². The molecule has 0 radical (unpaired) electrons. The number of ether oxygens (including phenoxy) is 1. The number of nitrogens with zero attached hydrogens (tertiary/aromatic N) is 2. The first-order chi connectivity index (χ1) is 20.2. The smallest absolute Gasteiger partial charge is 0.323 e. The van der Waals surface area contributed by atoms with E-state index < -0.39 is 18.4 Å². The van der Waals surface area contributed by atoms with E-state index in [1.807, 2.05) is 41.3 Å². The number of amides is 2. The molecule has 0 aliphatic carbocycles. The molecule has 0 atom stereocenters. The molecule has 1 N–H and O–H groups in total. The molecule has 0 bridgehead atoms. The third kappa shape index (κ3) is 9.98. The van der Waals surface area contributed by atoms with Crippen molar-refractivity contribution >= 4 is 52.2 Å². The molecule has 1 aliphatic heterocycles. The molecule has 1 fully saturated rings. The summed E-state index contributed by atoms with van der Waals surface area (Å²) in [4.78, 5) is 41.0. The van der Waals surface area contributed by atoms with Gasteiger partial charge in [0, 0.05) is 31.5 Å².